The number of likely N-dealkylation sites (N-methyl/N-ethyl adjacent to an activating group) is 1. The average Bonchev–Trinajstić information content (AvgIpc) is 3.25. The third-order valence-corrected chi connectivity index (χ3v) is 5.60. The minimum Gasteiger partial charge on any atom is -0.467 e. The molecule has 0 aliphatic heterocycles. The molecule has 0 unspecified atom stereocenters. The van der Waals surface area contributed by atoms with Crippen molar-refractivity contribution in [3.63, 3.8) is 0 Å². The number of rotatable bonds is 6. The normalized spacial score (nSPS) is 13.0. The minimum absolute atomic E-state index is 0.239. The first kappa shape index (κ1) is 19.2. The molecule has 1 aliphatic carbocycles. The van der Waals surface area contributed by atoms with Gasteiger partial charge in [-0.1, -0.05) is 0 Å². The number of carbonyl (C=O) groups excluding carboxylic acids is 3. The molecule has 2 aromatic rings. The maximum atomic E-state index is 12.7. The lowest BCUT2D eigenvalue weighted by Gasteiger charge is -2.16. The molecule has 0 spiro atoms. The molecule has 3 rings (SSSR count). The van der Waals surface area contributed by atoms with Crippen molar-refractivity contribution in [1.29, 1.82) is 0 Å². The molecule has 27 heavy (non-hydrogen) atoms. The van der Waals surface area contributed by atoms with Crippen molar-refractivity contribution < 1.29 is 23.5 Å². The van der Waals surface area contributed by atoms with E-state index in [-0.39, 0.29) is 18.4 Å². The van der Waals surface area contributed by atoms with Gasteiger partial charge in [0.15, 0.2) is 6.61 Å². The van der Waals surface area contributed by atoms with E-state index in [2.05, 4.69) is 5.32 Å². The number of nitrogens with zero attached hydrogens (tertiary/aromatic N) is 1. The fourth-order valence-electron chi connectivity index (χ4n) is 3.06. The van der Waals surface area contributed by atoms with Crippen LogP contribution in [0.15, 0.2) is 22.8 Å². The van der Waals surface area contributed by atoms with Crippen LogP contribution in [0, 0.1) is 0 Å². The second-order valence-corrected chi connectivity index (χ2v) is 7.61. The van der Waals surface area contributed by atoms with Gasteiger partial charge in [-0.15, -0.1) is 11.3 Å². The van der Waals surface area contributed by atoms with E-state index in [4.69, 9.17) is 9.15 Å². The van der Waals surface area contributed by atoms with E-state index in [9.17, 15) is 14.4 Å². The number of ether oxygens (including phenoxy) is 1. The summed E-state index contributed by atoms with van der Waals surface area (Å²) in [4.78, 5) is 38.9. The van der Waals surface area contributed by atoms with Crippen LogP contribution in [0.4, 0.5) is 5.00 Å². The topological polar surface area (TPSA) is 88.8 Å². The van der Waals surface area contributed by atoms with Gasteiger partial charge < -0.3 is 19.4 Å². The standard InChI is InChI=1S/C19H22N2O5S/c1-12(22)20-18-17(14-7-3-4-8-15(14)27-18)19(24)26-11-16(23)21(2)10-13-6-5-9-25-13/h5-6,9H,3-4,7-8,10-11H2,1-2H3,(H,20,22). The molecular formula is C19H22N2O5S. The lowest BCUT2D eigenvalue weighted by molar-refractivity contribution is -0.134. The third-order valence-electron chi connectivity index (χ3n) is 4.39. The van der Waals surface area contributed by atoms with Crippen LogP contribution >= 0.6 is 11.3 Å². The Kier molecular flexibility index (Phi) is 5.95. The quantitative estimate of drug-likeness (QED) is 0.766. The van der Waals surface area contributed by atoms with Crippen LogP contribution in [0.3, 0.4) is 0 Å². The van der Waals surface area contributed by atoms with E-state index < -0.39 is 5.97 Å². The summed E-state index contributed by atoms with van der Waals surface area (Å²) in [5, 5.41) is 3.23. The van der Waals surface area contributed by atoms with E-state index in [1.807, 2.05) is 0 Å². The molecule has 7 nitrogen and oxygen atoms in total. The largest absolute Gasteiger partial charge is 0.467 e. The molecule has 1 aliphatic rings. The number of thiophene rings is 1. The monoisotopic (exact) mass is 390 g/mol. The zero-order chi connectivity index (χ0) is 19.4. The number of nitrogens with one attached hydrogen (secondary N) is 1. The van der Waals surface area contributed by atoms with Crippen molar-refractivity contribution in [2.24, 2.45) is 0 Å². The van der Waals surface area contributed by atoms with Gasteiger partial charge in [-0.2, -0.15) is 0 Å². The van der Waals surface area contributed by atoms with E-state index in [1.165, 1.54) is 29.4 Å². The number of fused-ring (bicyclic) bond motifs is 1. The van der Waals surface area contributed by atoms with Gasteiger partial charge in [0.2, 0.25) is 5.91 Å². The summed E-state index contributed by atoms with van der Waals surface area (Å²) < 4.78 is 10.5. The van der Waals surface area contributed by atoms with Gasteiger partial charge in [0.1, 0.15) is 10.8 Å². The van der Waals surface area contributed by atoms with Crippen molar-refractivity contribution in [2.45, 2.75) is 39.2 Å². The predicted octanol–water partition coefficient (Wildman–Crippen LogP) is 2.99. The first-order valence-electron chi connectivity index (χ1n) is 8.81. The van der Waals surface area contributed by atoms with Crippen LogP contribution in [-0.4, -0.2) is 36.3 Å². The van der Waals surface area contributed by atoms with Crippen LogP contribution in [0.25, 0.3) is 0 Å². The summed E-state index contributed by atoms with van der Waals surface area (Å²) >= 11 is 1.42. The summed E-state index contributed by atoms with van der Waals surface area (Å²) in [6.45, 7) is 1.34. The zero-order valence-electron chi connectivity index (χ0n) is 15.4. The third kappa shape index (κ3) is 4.57. The Balaban J connectivity index is 1.67. The number of carbonyl (C=O) groups is 3. The number of amides is 2. The van der Waals surface area contributed by atoms with Crippen LogP contribution < -0.4 is 5.32 Å². The first-order valence-corrected chi connectivity index (χ1v) is 9.63. The lowest BCUT2D eigenvalue weighted by atomic mass is 9.95. The zero-order valence-corrected chi connectivity index (χ0v) is 16.2. The van der Waals surface area contributed by atoms with E-state index in [0.29, 0.717) is 22.9 Å². The number of anilines is 1. The van der Waals surface area contributed by atoms with E-state index >= 15 is 0 Å². The molecule has 144 valence electrons. The summed E-state index contributed by atoms with van der Waals surface area (Å²) in [7, 11) is 1.62. The van der Waals surface area contributed by atoms with Crippen molar-refractivity contribution in [1.82, 2.24) is 4.90 Å². The Bertz CT molecular complexity index is 841. The van der Waals surface area contributed by atoms with Crippen molar-refractivity contribution in [3.05, 3.63) is 40.2 Å². The van der Waals surface area contributed by atoms with Crippen LogP contribution in [-0.2, 0) is 33.7 Å². The van der Waals surface area contributed by atoms with Gasteiger partial charge in [0.05, 0.1) is 18.4 Å². The predicted molar refractivity (Wildman–Crippen MR) is 101 cm³/mol. The number of hydrogen-bond acceptors (Lipinski definition) is 6. The highest BCUT2D eigenvalue weighted by atomic mass is 32.1. The summed E-state index contributed by atoms with van der Waals surface area (Å²) in [6.07, 6.45) is 5.27. The second-order valence-electron chi connectivity index (χ2n) is 6.50. The molecular weight excluding hydrogens is 368 g/mol. The summed E-state index contributed by atoms with van der Waals surface area (Å²) in [5.74, 6) is -0.489. The number of furan rings is 1. The number of esters is 1. The van der Waals surface area contributed by atoms with Gasteiger partial charge in [0, 0.05) is 18.8 Å². The molecule has 0 saturated heterocycles. The van der Waals surface area contributed by atoms with Gasteiger partial charge in [-0.25, -0.2) is 4.79 Å². The average molecular weight is 390 g/mol. The van der Waals surface area contributed by atoms with Crippen molar-refractivity contribution in [2.75, 3.05) is 19.0 Å². The Morgan fingerprint density at radius 2 is 2.07 bits per heavy atom. The van der Waals surface area contributed by atoms with Crippen LogP contribution in [0.1, 0.15) is 46.3 Å². The maximum Gasteiger partial charge on any atom is 0.341 e. The van der Waals surface area contributed by atoms with Gasteiger partial charge in [-0.05, 0) is 43.4 Å². The molecule has 0 aromatic carbocycles. The Morgan fingerprint density at radius 3 is 2.78 bits per heavy atom. The molecule has 0 saturated carbocycles. The second kappa shape index (κ2) is 8.39. The molecule has 0 fully saturated rings. The van der Waals surface area contributed by atoms with Crippen LogP contribution in [0.2, 0.25) is 0 Å². The van der Waals surface area contributed by atoms with E-state index in [1.54, 1.807) is 19.2 Å². The van der Waals surface area contributed by atoms with Crippen molar-refractivity contribution >= 4 is 34.1 Å². The minimum atomic E-state index is -0.571. The van der Waals surface area contributed by atoms with Crippen LogP contribution in [0.5, 0.6) is 0 Å². The highest BCUT2D eigenvalue weighted by molar-refractivity contribution is 7.17. The summed E-state index contributed by atoms with van der Waals surface area (Å²) in [5.41, 5.74) is 1.34. The van der Waals surface area contributed by atoms with E-state index in [0.717, 1.165) is 36.1 Å². The molecule has 1 N–H and O–H groups in total. The number of hydrogen-bond donors (Lipinski definition) is 1. The summed E-state index contributed by atoms with van der Waals surface area (Å²) in [6, 6.07) is 3.52. The molecule has 2 heterocycles. The van der Waals surface area contributed by atoms with Gasteiger partial charge in [0.25, 0.3) is 5.91 Å². The highest BCUT2D eigenvalue weighted by Crippen LogP contribution is 2.38. The first-order chi connectivity index (χ1) is 13.0. The highest BCUT2D eigenvalue weighted by Gasteiger charge is 2.27. The molecule has 0 bridgehead atoms. The SMILES string of the molecule is CC(=O)Nc1sc2c(c1C(=O)OCC(=O)N(C)Cc1ccco1)CCCC2. The fraction of sp³-hybridized carbons (Fsp3) is 0.421. The lowest BCUT2D eigenvalue weighted by Crippen LogP contribution is -2.31. The number of aryl methyl sites for hydroxylation is 1. The molecule has 0 atom stereocenters. The Labute approximate surface area is 161 Å². The molecule has 0 radical (unpaired) electrons. The van der Waals surface area contributed by atoms with Gasteiger partial charge >= 0.3 is 5.97 Å². The Morgan fingerprint density at radius 1 is 1.30 bits per heavy atom. The van der Waals surface area contributed by atoms with Crippen molar-refractivity contribution in [3.8, 4) is 0 Å². The fourth-order valence-corrected chi connectivity index (χ4v) is 4.39. The molecule has 2 aromatic heterocycles. The maximum absolute atomic E-state index is 12.7. The molecule has 2 amide bonds. The van der Waals surface area contributed by atoms with Gasteiger partial charge in [-0.3, -0.25) is 9.59 Å². The smallest absolute Gasteiger partial charge is 0.341 e. The molecule has 8 heteroatoms. The Hall–Kier alpha value is -2.61.